The van der Waals surface area contributed by atoms with E-state index in [9.17, 15) is 9.59 Å². The van der Waals surface area contributed by atoms with Crippen molar-refractivity contribution in [1.29, 1.82) is 0 Å². The number of para-hydroxylation sites is 1. The third kappa shape index (κ3) is 3.51. The maximum Gasteiger partial charge on any atom is 0.263 e. The molecule has 1 aromatic carbocycles. The number of ketones is 1. The van der Waals surface area contributed by atoms with E-state index >= 15 is 0 Å². The SMILES string of the molecule is C=CCn1c(=O)c2ccccc2n2c(SCC(=O)c3cc(C)n(-c4nccs4)c3C)nnc12. The van der Waals surface area contributed by atoms with Crippen LogP contribution in [0.3, 0.4) is 0 Å². The number of hydrogen-bond donors (Lipinski definition) is 0. The van der Waals surface area contributed by atoms with Gasteiger partial charge in [0.05, 0.1) is 16.7 Å². The Balaban J connectivity index is 1.51. The van der Waals surface area contributed by atoms with Gasteiger partial charge in [0.25, 0.3) is 5.56 Å². The van der Waals surface area contributed by atoms with Crippen molar-refractivity contribution in [3.05, 3.63) is 81.9 Å². The zero-order valence-electron chi connectivity index (χ0n) is 18.1. The number of Topliss-reactive ketones (excluding diaryl/α,β-unsaturated/α-hetero) is 1. The first kappa shape index (κ1) is 21.4. The molecule has 0 atom stereocenters. The Morgan fingerprint density at radius 1 is 1.24 bits per heavy atom. The van der Waals surface area contributed by atoms with Gasteiger partial charge >= 0.3 is 0 Å². The van der Waals surface area contributed by atoms with Crippen molar-refractivity contribution in [3.63, 3.8) is 0 Å². The molecule has 0 aliphatic carbocycles. The van der Waals surface area contributed by atoms with Crippen molar-refractivity contribution in [2.45, 2.75) is 25.5 Å². The van der Waals surface area contributed by atoms with Gasteiger partial charge in [0, 0.05) is 35.1 Å². The van der Waals surface area contributed by atoms with Crippen molar-refractivity contribution in [3.8, 4) is 5.13 Å². The van der Waals surface area contributed by atoms with Gasteiger partial charge in [0.2, 0.25) is 5.78 Å². The van der Waals surface area contributed by atoms with Crippen LogP contribution in [0.25, 0.3) is 21.8 Å². The van der Waals surface area contributed by atoms with Gasteiger partial charge in [-0.3, -0.25) is 23.1 Å². The maximum atomic E-state index is 13.1. The lowest BCUT2D eigenvalue weighted by Gasteiger charge is -2.09. The monoisotopic (exact) mass is 476 g/mol. The van der Waals surface area contributed by atoms with Gasteiger partial charge in [-0.2, -0.15) is 0 Å². The average Bonchev–Trinajstić information content (AvgIpc) is 3.54. The van der Waals surface area contributed by atoms with Crippen molar-refractivity contribution >= 4 is 45.6 Å². The first-order valence-corrected chi connectivity index (χ1v) is 12.1. The minimum atomic E-state index is -0.146. The normalized spacial score (nSPS) is 11.5. The molecule has 4 aromatic heterocycles. The number of carbonyl (C=O) groups is 1. The quantitative estimate of drug-likeness (QED) is 0.200. The maximum absolute atomic E-state index is 13.1. The smallest absolute Gasteiger partial charge is 0.263 e. The van der Waals surface area contributed by atoms with Crippen molar-refractivity contribution in [1.82, 2.24) is 28.7 Å². The second kappa shape index (κ2) is 8.45. The highest BCUT2D eigenvalue weighted by atomic mass is 32.2. The summed E-state index contributed by atoms with van der Waals surface area (Å²) >= 11 is 2.83. The number of thiazole rings is 1. The summed E-state index contributed by atoms with van der Waals surface area (Å²) in [4.78, 5) is 30.4. The molecule has 0 N–H and O–H groups in total. The zero-order chi connectivity index (χ0) is 23.1. The molecule has 166 valence electrons. The Labute approximate surface area is 197 Å². The molecule has 0 radical (unpaired) electrons. The molecule has 4 heterocycles. The lowest BCUT2D eigenvalue weighted by Crippen LogP contribution is -2.22. The summed E-state index contributed by atoms with van der Waals surface area (Å²) in [6.45, 7) is 7.96. The fourth-order valence-electron chi connectivity index (χ4n) is 3.99. The first-order chi connectivity index (χ1) is 16.0. The van der Waals surface area contributed by atoms with Crippen LogP contribution in [-0.4, -0.2) is 40.3 Å². The summed E-state index contributed by atoms with van der Waals surface area (Å²) in [7, 11) is 0. The molecule has 0 bridgehead atoms. The van der Waals surface area contributed by atoms with E-state index in [0.717, 1.165) is 16.5 Å². The molecule has 5 aromatic rings. The van der Waals surface area contributed by atoms with E-state index < -0.39 is 0 Å². The molecule has 33 heavy (non-hydrogen) atoms. The second-order valence-corrected chi connectivity index (χ2v) is 9.30. The van der Waals surface area contributed by atoms with Crippen LogP contribution < -0.4 is 5.56 Å². The Kier molecular flexibility index (Phi) is 5.47. The van der Waals surface area contributed by atoms with Crippen LogP contribution in [0.4, 0.5) is 0 Å². The Morgan fingerprint density at radius 2 is 2.06 bits per heavy atom. The number of thioether (sulfide) groups is 1. The molecule has 10 heteroatoms. The molecule has 0 amide bonds. The predicted molar refractivity (Wildman–Crippen MR) is 131 cm³/mol. The minimum absolute atomic E-state index is 0.00336. The molecule has 5 rings (SSSR count). The highest BCUT2D eigenvalue weighted by Crippen LogP contribution is 2.26. The molecule has 0 saturated heterocycles. The number of carbonyl (C=O) groups excluding carboxylic acids is 1. The van der Waals surface area contributed by atoms with Crippen LogP contribution in [0.1, 0.15) is 21.7 Å². The van der Waals surface area contributed by atoms with Crippen LogP contribution >= 0.6 is 23.1 Å². The van der Waals surface area contributed by atoms with E-state index in [4.69, 9.17) is 0 Å². The zero-order valence-corrected chi connectivity index (χ0v) is 19.7. The average molecular weight is 477 g/mol. The van der Waals surface area contributed by atoms with Gasteiger partial charge in [-0.05, 0) is 32.0 Å². The molecule has 8 nitrogen and oxygen atoms in total. The van der Waals surface area contributed by atoms with E-state index in [1.165, 1.54) is 27.7 Å². The summed E-state index contributed by atoms with van der Waals surface area (Å²) in [6, 6.07) is 9.24. The number of aromatic nitrogens is 6. The fraction of sp³-hybridized carbons (Fsp3) is 0.174. The molecule has 0 fully saturated rings. The first-order valence-electron chi connectivity index (χ1n) is 10.2. The number of nitrogens with zero attached hydrogens (tertiary/aromatic N) is 6. The third-order valence-corrected chi connectivity index (χ3v) is 7.15. The largest absolute Gasteiger partial charge is 0.294 e. The van der Waals surface area contributed by atoms with Crippen molar-refractivity contribution in [2.75, 3.05) is 5.75 Å². The molecular weight excluding hydrogens is 456 g/mol. The molecule has 0 aliphatic rings. The lowest BCUT2D eigenvalue weighted by atomic mass is 10.2. The van der Waals surface area contributed by atoms with Gasteiger partial charge in [-0.25, -0.2) is 4.98 Å². The minimum Gasteiger partial charge on any atom is -0.294 e. The van der Waals surface area contributed by atoms with E-state index in [1.54, 1.807) is 18.3 Å². The summed E-state index contributed by atoms with van der Waals surface area (Å²) < 4.78 is 5.36. The van der Waals surface area contributed by atoms with E-state index in [1.807, 2.05) is 52.5 Å². The highest BCUT2D eigenvalue weighted by molar-refractivity contribution is 7.99. The number of rotatable bonds is 7. The fourth-order valence-corrected chi connectivity index (χ4v) is 5.57. The number of aryl methyl sites for hydroxylation is 1. The van der Waals surface area contributed by atoms with Crippen LogP contribution in [0, 0.1) is 13.8 Å². The number of fused-ring (bicyclic) bond motifs is 3. The van der Waals surface area contributed by atoms with Gasteiger partial charge in [0.1, 0.15) is 0 Å². The summed E-state index contributed by atoms with van der Waals surface area (Å²) in [5.41, 5.74) is 3.05. The van der Waals surface area contributed by atoms with Crippen LogP contribution in [0.2, 0.25) is 0 Å². The van der Waals surface area contributed by atoms with Crippen LogP contribution in [0.15, 0.2) is 64.5 Å². The number of hydrogen-bond acceptors (Lipinski definition) is 7. The second-order valence-electron chi connectivity index (χ2n) is 7.49. The predicted octanol–water partition coefficient (Wildman–Crippen LogP) is 4.07. The standard InChI is InChI=1S/C23H20N6O2S2/c1-4-10-27-20(31)16-7-5-6-8-18(16)29-21(27)25-26-23(29)33-13-19(30)17-12-14(2)28(15(17)3)22-24-9-11-32-22/h4-9,11-12H,1,10,13H2,2-3H3. The third-order valence-electron chi connectivity index (χ3n) is 5.46. The molecular formula is C23H20N6O2S2. The van der Waals surface area contributed by atoms with Gasteiger partial charge < -0.3 is 0 Å². The number of allylic oxidation sites excluding steroid dienone is 1. The Bertz CT molecular complexity index is 1580. The number of benzene rings is 1. The molecule has 0 spiro atoms. The molecule has 0 saturated carbocycles. The molecule has 0 aliphatic heterocycles. The van der Waals surface area contributed by atoms with E-state index in [-0.39, 0.29) is 17.1 Å². The topological polar surface area (TPSA) is 87.1 Å². The highest BCUT2D eigenvalue weighted by Gasteiger charge is 2.20. The summed E-state index contributed by atoms with van der Waals surface area (Å²) in [5.74, 6) is 0.615. The van der Waals surface area contributed by atoms with E-state index in [2.05, 4.69) is 21.8 Å². The van der Waals surface area contributed by atoms with Gasteiger partial charge in [-0.1, -0.05) is 30.0 Å². The van der Waals surface area contributed by atoms with Crippen molar-refractivity contribution < 1.29 is 4.79 Å². The lowest BCUT2D eigenvalue weighted by molar-refractivity contribution is 0.102. The summed E-state index contributed by atoms with van der Waals surface area (Å²) in [6.07, 6.45) is 3.41. The Morgan fingerprint density at radius 3 is 2.82 bits per heavy atom. The van der Waals surface area contributed by atoms with Crippen LogP contribution in [-0.2, 0) is 6.54 Å². The van der Waals surface area contributed by atoms with Crippen LogP contribution in [0.5, 0.6) is 0 Å². The van der Waals surface area contributed by atoms with Crippen molar-refractivity contribution in [2.24, 2.45) is 0 Å². The molecule has 0 unspecified atom stereocenters. The van der Waals surface area contributed by atoms with Gasteiger partial charge in [-0.15, -0.1) is 28.1 Å². The summed E-state index contributed by atoms with van der Waals surface area (Å²) in [5, 5.41) is 12.4. The van der Waals surface area contributed by atoms with Gasteiger partial charge in [0.15, 0.2) is 16.1 Å². The van der Waals surface area contributed by atoms with E-state index in [0.29, 0.717) is 33.9 Å². The Hall–Kier alpha value is -3.50.